The molecule has 1 aromatic rings. The summed E-state index contributed by atoms with van der Waals surface area (Å²) in [6.07, 6.45) is 1.84. The Morgan fingerprint density at radius 3 is 2.53 bits per heavy atom. The summed E-state index contributed by atoms with van der Waals surface area (Å²) in [5.74, 6) is 0. The van der Waals surface area contributed by atoms with Gasteiger partial charge in [0.15, 0.2) is 0 Å². The minimum atomic E-state index is -3.43. The van der Waals surface area contributed by atoms with Crippen molar-refractivity contribution >= 4 is 37.5 Å². The van der Waals surface area contributed by atoms with Gasteiger partial charge in [0.25, 0.3) is 0 Å². The van der Waals surface area contributed by atoms with Crippen molar-refractivity contribution in [2.24, 2.45) is 0 Å². The number of benzene rings is 1. The molecule has 3 N–H and O–H groups in total. The van der Waals surface area contributed by atoms with E-state index in [4.69, 9.17) is 5.73 Å². The quantitative estimate of drug-likeness (QED) is 0.834. The third-order valence-electron chi connectivity index (χ3n) is 2.65. The zero-order valence-electron chi connectivity index (χ0n) is 9.19. The summed E-state index contributed by atoms with van der Waals surface area (Å²) < 4.78 is 28.6. The second-order valence-corrected chi connectivity index (χ2v) is 6.47. The number of rotatable bonds is 3. The van der Waals surface area contributed by atoms with Crippen LogP contribution in [-0.4, -0.2) is 25.8 Å². The predicted molar refractivity (Wildman–Crippen MR) is 71.9 cm³/mol. The normalized spacial score (nSPS) is 17.2. The fourth-order valence-electron chi connectivity index (χ4n) is 1.75. The zero-order chi connectivity index (χ0) is 12.5. The van der Waals surface area contributed by atoms with Crippen molar-refractivity contribution in [3.8, 4) is 0 Å². The molecule has 0 aromatic heterocycles. The molecule has 2 rings (SSSR count). The Balaban J connectivity index is 2.17. The molecule has 1 saturated heterocycles. The number of halogens is 1. The van der Waals surface area contributed by atoms with Gasteiger partial charge in [-0.25, -0.2) is 0 Å². The molecule has 0 spiro atoms. The van der Waals surface area contributed by atoms with Crippen molar-refractivity contribution in [2.45, 2.75) is 12.8 Å². The van der Waals surface area contributed by atoms with E-state index in [9.17, 15) is 8.42 Å². The SMILES string of the molecule is Nc1cc(NS(=O)(=O)N2CCCC2)ccc1Br. The number of nitrogens with one attached hydrogen (secondary N) is 1. The largest absolute Gasteiger partial charge is 0.398 e. The van der Waals surface area contributed by atoms with E-state index in [2.05, 4.69) is 20.7 Å². The summed E-state index contributed by atoms with van der Waals surface area (Å²) in [4.78, 5) is 0. The highest BCUT2D eigenvalue weighted by molar-refractivity contribution is 9.10. The highest BCUT2D eigenvalue weighted by Crippen LogP contribution is 2.24. The Labute approximate surface area is 109 Å². The average Bonchev–Trinajstić information content (AvgIpc) is 2.77. The zero-order valence-corrected chi connectivity index (χ0v) is 11.6. The summed E-state index contributed by atoms with van der Waals surface area (Å²) in [5.41, 5.74) is 6.69. The third kappa shape index (κ3) is 2.91. The summed E-state index contributed by atoms with van der Waals surface area (Å²) >= 11 is 3.26. The summed E-state index contributed by atoms with van der Waals surface area (Å²) in [7, 11) is -3.43. The molecule has 1 aliphatic heterocycles. The van der Waals surface area contributed by atoms with Gasteiger partial charge in [-0.1, -0.05) is 0 Å². The van der Waals surface area contributed by atoms with Gasteiger partial charge >= 0.3 is 10.2 Å². The first-order valence-corrected chi connectivity index (χ1v) is 7.55. The fourth-order valence-corrected chi connectivity index (χ4v) is 3.29. The van der Waals surface area contributed by atoms with Crippen LogP contribution in [-0.2, 0) is 10.2 Å². The minimum absolute atomic E-state index is 0.484. The first-order chi connectivity index (χ1) is 7.99. The molecule has 0 unspecified atom stereocenters. The Bertz CT molecular complexity index is 512. The van der Waals surface area contributed by atoms with Crippen LogP contribution >= 0.6 is 15.9 Å². The maximum atomic E-state index is 12.0. The molecule has 0 amide bonds. The van der Waals surface area contributed by atoms with E-state index in [-0.39, 0.29) is 0 Å². The van der Waals surface area contributed by atoms with Gasteiger partial charge in [0.05, 0.1) is 5.69 Å². The molecular formula is C10H14BrN3O2S. The molecule has 0 radical (unpaired) electrons. The van der Waals surface area contributed by atoms with Crippen LogP contribution < -0.4 is 10.5 Å². The van der Waals surface area contributed by atoms with E-state index >= 15 is 0 Å². The highest BCUT2D eigenvalue weighted by atomic mass is 79.9. The standard InChI is InChI=1S/C10H14BrN3O2S/c11-9-4-3-8(7-10(9)12)13-17(15,16)14-5-1-2-6-14/h3-4,7,13H,1-2,5-6,12H2. The average molecular weight is 320 g/mol. The lowest BCUT2D eigenvalue weighted by Gasteiger charge is -2.17. The second-order valence-electron chi connectivity index (χ2n) is 3.95. The van der Waals surface area contributed by atoms with Crippen molar-refractivity contribution in [3.63, 3.8) is 0 Å². The lowest BCUT2D eigenvalue weighted by Crippen LogP contribution is -2.33. The number of hydrogen-bond donors (Lipinski definition) is 2. The molecule has 1 heterocycles. The Hall–Kier alpha value is -0.790. The molecule has 5 nitrogen and oxygen atoms in total. The maximum absolute atomic E-state index is 12.0. The van der Waals surface area contributed by atoms with E-state index in [0.717, 1.165) is 17.3 Å². The third-order valence-corrected chi connectivity index (χ3v) is 4.91. The fraction of sp³-hybridized carbons (Fsp3) is 0.400. The molecule has 1 aromatic carbocycles. The Kier molecular flexibility index (Phi) is 3.60. The van der Waals surface area contributed by atoms with E-state index < -0.39 is 10.2 Å². The number of hydrogen-bond acceptors (Lipinski definition) is 3. The van der Waals surface area contributed by atoms with Gasteiger partial charge in [-0.15, -0.1) is 0 Å². The number of nitrogen functional groups attached to an aromatic ring is 1. The predicted octanol–water partition coefficient (Wildman–Crippen LogP) is 1.78. The second kappa shape index (κ2) is 4.83. The van der Waals surface area contributed by atoms with Crippen molar-refractivity contribution in [3.05, 3.63) is 22.7 Å². The molecule has 0 atom stereocenters. The molecule has 1 fully saturated rings. The van der Waals surface area contributed by atoms with Gasteiger partial charge < -0.3 is 5.73 Å². The van der Waals surface area contributed by atoms with Crippen LogP contribution in [0.3, 0.4) is 0 Å². The number of nitrogens with two attached hydrogens (primary N) is 1. The van der Waals surface area contributed by atoms with E-state index in [1.165, 1.54) is 4.31 Å². The van der Waals surface area contributed by atoms with Crippen molar-refractivity contribution < 1.29 is 8.42 Å². The summed E-state index contributed by atoms with van der Waals surface area (Å²) in [6.45, 7) is 1.17. The summed E-state index contributed by atoms with van der Waals surface area (Å²) in [6, 6.07) is 4.99. The van der Waals surface area contributed by atoms with Gasteiger partial charge in [0.1, 0.15) is 0 Å². The Morgan fingerprint density at radius 1 is 1.29 bits per heavy atom. The van der Waals surface area contributed by atoms with Crippen LogP contribution in [0.2, 0.25) is 0 Å². The molecule has 0 aliphatic carbocycles. The highest BCUT2D eigenvalue weighted by Gasteiger charge is 2.25. The van der Waals surface area contributed by atoms with Crippen molar-refractivity contribution in [2.75, 3.05) is 23.5 Å². The van der Waals surface area contributed by atoms with Gasteiger partial charge in [-0.3, -0.25) is 4.72 Å². The molecule has 7 heteroatoms. The van der Waals surface area contributed by atoms with E-state index in [1.54, 1.807) is 18.2 Å². The summed E-state index contributed by atoms with van der Waals surface area (Å²) in [5, 5.41) is 0. The molecule has 17 heavy (non-hydrogen) atoms. The van der Waals surface area contributed by atoms with Crippen molar-refractivity contribution in [1.82, 2.24) is 4.31 Å². The monoisotopic (exact) mass is 319 g/mol. The van der Waals surface area contributed by atoms with Crippen LogP contribution in [0.4, 0.5) is 11.4 Å². The molecular weight excluding hydrogens is 306 g/mol. The number of anilines is 2. The van der Waals surface area contributed by atoms with Crippen LogP contribution in [0.15, 0.2) is 22.7 Å². The smallest absolute Gasteiger partial charge is 0.301 e. The van der Waals surface area contributed by atoms with Crippen LogP contribution in [0, 0.1) is 0 Å². The van der Waals surface area contributed by atoms with Crippen molar-refractivity contribution in [1.29, 1.82) is 0 Å². The Morgan fingerprint density at radius 2 is 1.94 bits per heavy atom. The van der Waals surface area contributed by atoms with Gasteiger partial charge in [-0.2, -0.15) is 12.7 Å². The lowest BCUT2D eigenvalue weighted by atomic mass is 10.3. The first kappa shape index (κ1) is 12.7. The molecule has 94 valence electrons. The van der Waals surface area contributed by atoms with Crippen LogP contribution in [0.5, 0.6) is 0 Å². The van der Waals surface area contributed by atoms with Crippen LogP contribution in [0.25, 0.3) is 0 Å². The first-order valence-electron chi connectivity index (χ1n) is 5.32. The van der Waals surface area contributed by atoms with E-state index in [1.807, 2.05) is 0 Å². The van der Waals surface area contributed by atoms with Gasteiger partial charge in [0.2, 0.25) is 0 Å². The van der Waals surface area contributed by atoms with Gasteiger partial charge in [-0.05, 0) is 47.0 Å². The number of nitrogens with zero attached hydrogens (tertiary/aromatic N) is 1. The molecule has 1 aliphatic rings. The van der Waals surface area contributed by atoms with Gasteiger partial charge in [0, 0.05) is 23.2 Å². The maximum Gasteiger partial charge on any atom is 0.301 e. The molecule has 0 bridgehead atoms. The van der Waals surface area contributed by atoms with E-state index in [0.29, 0.717) is 24.5 Å². The minimum Gasteiger partial charge on any atom is -0.398 e. The molecule has 0 saturated carbocycles. The topological polar surface area (TPSA) is 75.4 Å². The lowest BCUT2D eigenvalue weighted by molar-refractivity contribution is 0.482. The van der Waals surface area contributed by atoms with Crippen LogP contribution in [0.1, 0.15) is 12.8 Å².